The Bertz CT molecular complexity index is 673. The number of aromatic nitrogens is 3. The highest BCUT2D eigenvalue weighted by atomic mass is 16.5. The van der Waals surface area contributed by atoms with Gasteiger partial charge in [0.05, 0.1) is 13.7 Å². The van der Waals surface area contributed by atoms with Crippen LogP contribution in [0, 0.1) is 0 Å². The molecule has 3 heterocycles. The molecule has 0 unspecified atom stereocenters. The lowest BCUT2D eigenvalue weighted by Gasteiger charge is -2.16. The van der Waals surface area contributed by atoms with Crippen LogP contribution in [0.2, 0.25) is 0 Å². The van der Waals surface area contributed by atoms with Crippen molar-refractivity contribution in [2.24, 2.45) is 0 Å². The van der Waals surface area contributed by atoms with Crippen LogP contribution in [-0.4, -0.2) is 64.3 Å². The first-order chi connectivity index (χ1) is 12.1. The van der Waals surface area contributed by atoms with Crippen molar-refractivity contribution in [3.05, 3.63) is 5.82 Å². The van der Waals surface area contributed by atoms with Gasteiger partial charge in [-0.1, -0.05) is 0 Å². The van der Waals surface area contributed by atoms with E-state index in [4.69, 9.17) is 4.74 Å². The number of hydrogen-bond donors (Lipinski definition) is 1. The van der Waals surface area contributed by atoms with Gasteiger partial charge < -0.3 is 15.0 Å². The number of nitrogens with one attached hydrogen (secondary N) is 1. The average molecular weight is 348 g/mol. The summed E-state index contributed by atoms with van der Waals surface area (Å²) in [7, 11) is 1.47. The molecule has 3 amide bonds. The van der Waals surface area contributed by atoms with E-state index in [-0.39, 0.29) is 43.8 Å². The lowest BCUT2D eigenvalue weighted by atomic mass is 10.4. The molecule has 2 saturated heterocycles. The summed E-state index contributed by atoms with van der Waals surface area (Å²) < 4.78 is 5.10. The molecule has 0 radical (unpaired) electrons. The molecule has 0 bridgehead atoms. The van der Waals surface area contributed by atoms with Crippen molar-refractivity contribution in [1.29, 1.82) is 0 Å². The van der Waals surface area contributed by atoms with E-state index in [0.29, 0.717) is 11.8 Å². The number of hydrogen-bond acceptors (Lipinski definition) is 8. The maximum absolute atomic E-state index is 12.0. The minimum Gasteiger partial charge on any atom is -0.467 e. The van der Waals surface area contributed by atoms with Crippen molar-refractivity contribution in [3.63, 3.8) is 0 Å². The second-order valence-corrected chi connectivity index (χ2v) is 5.88. The van der Waals surface area contributed by atoms with Crippen LogP contribution < -0.4 is 15.0 Å². The van der Waals surface area contributed by atoms with E-state index in [9.17, 15) is 14.4 Å². The largest absolute Gasteiger partial charge is 0.467 e. The normalized spacial score (nSPS) is 17.3. The van der Waals surface area contributed by atoms with Crippen molar-refractivity contribution < 1.29 is 19.1 Å². The first-order valence-corrected chi connectivity index (χ1v) is 8.20. The maximum atomic E-state index is 12.0. The van der Waals surface area contributed by atoms with Gasteiger partial charge in [0.15, 0.2) is 5.82 Å². The standard InChI is InChI=1S/C15H20N6O4/c1-25-15-18-10(17-14(19-15)20-6-2-3-7-20)8-16-11(22)9-21-12(23)4-5-13(21)24/h2-9H2,1H3,(H,16,22). The summed E-state index contributed by atoms with van der Waals surface area (Å²) in [5, 5.41) is 2.62. The van der Waals surface area contributed by atoms with E-state index in [2.05, 4.69) is 20.3 Å². The predicted octanol–water partition coefficient (Wildman–Crippen LogP) is -0.754. The molecule has 10 heteroatoms. The highest BCUT2D eigenvalue weighted by Crippen LogP contribution is 2.17. The molecule has 1 aromatic heterocycles. The third-order valence-electron chi connectivity index (χ3n) is 4.12. The zero-order chi connectivity index (χ0) is 17.8. The molecule has 1 N–H and O–H groups in total. The van der Waals surface area contributed by atoms with Gasteiger partial charge in [-0.15, -0.1) is 0 Å². The fourth-order valence-corrected chi connectivity index (χ4v) is 2.79. The Morgan fingerprint density at radius 3 is 2.44 bits per heavy atom. The summed E-state index contributed by atoms with van der Waals surface area (Å²) in [5.41, 5.74) is 0. The highest BCUT2D eigenvalue weighted by molar-refractivity contribution is 6.04. The quantitative estimate of drug-likeness (QED) is 0.667. The van der Waals surface area contributed by atoms with Crippen molar-refractivity contribution in [1.82, 2.24) is 25.2 Å². The molecule has 0 atom stereocenters. The number of imide groups is 1. The van der Waals surface area contributed by atoms with Crippen LogP contribution in [0.3, 0.4) is 0 Å². The summed E-state index contributed by atoms with van der Waals surface area (Å²) in [6.07, 6.45) is 2.49. The Morgan fingerprint density at radius 1 is 1.12 bits per heavy atom. The smallest absolute Gasteiger partial charge is 0.321 e. The van der Waals surface area contributed by atoms with Crippen molar-refractivity contribution >= 4 is 23.7 Å². The number of ether oxygens (including phenoxy) is 1. The Balaban J connectivity index is 1.62. The molecule has 134 valence electrons. The van der Waals surface area contributed by atoms with Gasteiger partial charge in [0.1, 0.15) is 6.54 Å². The number of carbonyl (C=O) groups excluding carboxylic acids is 3. The van der Waals surface area contributed by atoms with E-state index < -0.39 is 5.91 Å². The first kappa shape index (κ1) is 17.1. The Kier molecular flexibility index (Phi) is 5.05. The van der Waals surface area contributed by atoms with Gasteiger partial charge in [0, 0.05) is 25.9 Å². The molecule has 10 nitrogen and oxygen atoms in total. The molecule has 2 fully saturated rings. The van der Waals surface area contributed by atoms with Crippen LogP contribution in [0.4, 0.5) is 5.95 Å². The Morgan fingerprint density at radius 2 is 1.80 bits per heavy atom. The van der Waals surface area contributed by atoms with Crippen molar-refractivity contribution in [2.45, 2.75) is 32.2 Å². The minimum absolute atomic E-state index is 0.0643. The second-order valence-electron chi connectivity index (χ2n) is 5.88. The van der Waals surface area contributed by atoms with Gasteiger partial charge in [0.25, 0.3) is 0 Å². The van der Waals surface area contributed by atoms with Gasteiger partial charge in [-0.2, -0.15) is 15.0 Å². The van der Waals surface area contributed by atoms with Crippen LogP contribution in [0.25, 0.3) is 0 Å². The lowest BCUT2D eigenvalue weighted by molar-refractivity contribution is -0.142. The number of rotatable bonds is 6. The zero-order valence-electron chi connectivity index (χ0n) is 14.0. The molecule has 0 spiro atoms. The van der Waals surface area contributed by atoms with Crippen molar-refractivity contribution in [2.75, 3.05) is 31.6 Å². The fraction of sp³-hybridized carbons (Fsp3) is 0.600. The van der Waals surface area contributed by atoms with E-state index in [1.807, 2.05) is 4.90 Å². The maximum Gasteiger partial charge on any atom is 0.321 e. The fourth-order valence-electron chi connectivity index (χ4n) is 2.79. The van der Waals surface area contributed by atoms with Gasteiger partial charge >= 0.3 is 6.01 Å². The Hall–Kier alpha value is -2.78. The number of nitrogens with zero attached hydrogens (tertiary/aromatic N) is 5. The van der Waals surface area contributed by atoms with Crippen LogP contribution >= 0.6 is 0 Å². The highest BCUT2D eigenvalue weighted by Gasteiger charge is 2.30. The van der Waals surface area contributed by atoms with Gasteiger partial charge in [-0.3, -0.25) is 19.3 Å². The van der Waals surface area contributed by atoms with Crippen molar-refractivity contribution in [3.8, 4) is 6.01 Å². The molecule has 2 aliphatic heterocycles. The van der Waals surface area contributed by atoms with Crippen LogP contribution in [0.5, 0.6) is 6.01 Å². The Labute approximate surface area is 144 Å². The van der Waals surface area contributed by atoms with Crippen LogP contribution in [-0.2, 0) is 20.9 Å². The molecule has 1 aromatic rings. The topological polar surface area (TPSA) is 118 Å². The average Bonchev–Trinajstić information content (AvgIpc) is 3.25. The molecular weight excluding hydrogens is 328 g/mol. The van der Waals surface area contributed by atoms with E-state index in [1.54, 1.807) is 0 Å². The summed E-state index contributed by atoms with van der Waals surface area (Å²) in [5.74, 6) is -0.193. The summed E-state index contributed by atoms with van der Waals surface area (Å²) >= 11 is 0. The summed E-state index contributed by atoms with van der Waals surface area (Å²) in [6.45, 7) is 1.53. The minimum atomic E-state index is -0.439. The van der Waals surface area contributed by atoms with Gasteiger partial charge in [-0.25, -0.2) is 0 Å². The number of methoxy groups -OCH3 is 1. The van der Waals surface area contributed by atoms with Crippen LogP contribution in [0.1, 0.15) is 31.5 Å². The first-order valence-electron chi connectivity index (χ1n) is 8.20. The number of likely N-dealkylation sites (tertiary alicyclic amines) is 1. The molecule has 0 saturated carbocycles. The van der Waals surface area contributed by atoms with Crippen LogP contribution in [0.15, 0.2) is 0 Å². The van der Waals surface area contributed by atoms with E-state index in [0.717, 1.165) is 30.8 Å². The monoisotopic (exact) mass is 348 g/mol. The molecule has 0 aliphatic carbocycles. The van der Waals surface area contributed by atoms with Gasteiger partial charge in [0.2, 0.25) is 23.7 Å². The molecular formula is C15H20N6O4. The molecule has 25 heavy (non-hydrogen) atoms. The second kappa shape index (κ2) is 7.41. The molecule has 2 aliphatic rings. The molecule has 3 rings (SSSR count). The number of amides is 3. The zero-order valence-corrected chi connectivity index (χ0v) is 14.0. The predicted molar refractivity (Wildman–Crippen MR) is 85.6 cm³/mol. The van der Waals surface area contributed by atoms with Gasteiger partial charge in [-0.05, 0) is 12.8 Å². The lowest BCUT2D eigenvalue weighted by Crippen LogP contribution is -2.40. The third kappa shape index (κ3) is 4.01. The van der Waals surface area contributed by atoms with E-state index in [1.165, 1.54) is 7.11 Å². The SMILES string of the molecule is COc1nc(CNC(=O)CN2C(=O)CCC2=O)nc(N2CCCC2)n1. The van der Waals surface area contributed by atoms with E-state index >= 15 is 0 Å². The third-order valence-corrected chi connectivity index (χ3v) is 4.12. The number of carbonyl (C=O) groups is 3. The molecule has 0 aromatic carbocycles. The number of anilines is 1. The summed E-state index contributed by atoms with van der Waals surface area (Å²) in [4.78, 5) is 50.8. The summed E-state index contributed by atoms with van der Waals surface area (Å²) in [6, 6.07) is 0.186.